The van der Waals surface area contributed by atoms with Gasteiger partial charge in [-0.3, -0.25) is 9.59 Å². The van der Waals surface area contributed by atoms with Crippen molar-refractivity contribution < 1.29 is 24.5 Å². The van der Waals surface area contributed by atoms with Gasteiger partial charge in [-0.2, -0.15) is 0 Å². The molecule has 0 aliphatic heterocycles. The molecule has 0 amide bonds. The molecule has 1 aliphatic carbocycles. The Hall–Kier alpha value is -1.62. The van der Waals surface area contributed by atoms with Gasteiger partial charge in [0, 0.05) is 17.8 Å². The van der Waals surface area contributed by atoms with Gasteiger partial charge in [-0.25, -0.2) is 0 Å². The molecule has 0 aromatic carbocycles. The number of aliphatic hydroxyl groups is 2. The fourth-order valence-electron chi connectivity index (χ4n) is 2.80. The first-order valence-corrected chi connectivity index (χ1v) is 8.41. The summed E-state index contributed by atoms with van der Waals surface area (Å²) in [4.78, 5) is 24.1. The maximum Gasteiger partial charge on any atom is 0.227 e. The molecular formula is C18H28O5. The zero-order valence-electron chi connectivity index (χ0n) is 14.2. The molecule has 0 spiro atoms. The van der Waals surface area contributed by atoms with E-state index in [4.69, 9.17) is 9.84 Å². The average Bonchev–Trinajstić information content (AvgIpc) is 2.54. The molecular weight excluding hydrogens is 296 g/mol. The van der Waals surface area contributed by atoms with Crippen molar-refractivity contribution >= 4 is 11.6 Å². The van der Waals surface area contributed by atoms with Crippen molar-refractivity contribution in [2.45, 2.75) is 64.7 Å². The standard InChI is InChI=1S/C18H28O5/c1-13-14(16(21)18(23-2)17(22)15(13)20)11-9-7-5-3-4-6-8-10-12-19/h19,22H,3-12H2,1-2H3. The number of methoxy groups -OCH3 is 1. The first-order chi connectivity index (χ1) is 11.0. The highest BCUT2D eigenvalue weighted by Gasteiger charge is 2.33. The number of hydrogen-bond acceptors (Lipinski definition) is 5. The van der Waals surface area contributed by atoms with Crippen molar-refractivity contribution in [1.82, 2.24) is 0 Å². The van der Waals surface area contributed by atoms with Gasteiger partial charge in [-0.1, -0.05) is 38.5 Å². The van der Waals surface area contributed by atoms with Crippen LogP contribution in [0.25, 0.3) is 0 Å². The maximum absolute atomic E-state index is 12.2. The van der Waals surface area contributed by atoms with Gasteiger partial charge in [0.1, 0.15) is 0 Å². The van der Waals surface area contributed by atoms with Gasteiger partial charge < -0.3 is 14.9 Å². The number of allylic oxidation sites excluding steroid dienone is 2. The van der Waals surface area contributed by atoms with Crippen LogP contribution in [-0.2, 0) is 14.3 Å². The van der Waals surface area contributed by atoms with E-state index in [1.807, 2.05) is 0 Å². The van der Waals surface area contributed by atoms with Crippen molar-refractivity contribution in [3.63, 3.8) is 0 Å². The summed E-state index contributed by atoms with van der Waals surface area (Å²) in [5, 5.41) is 18.4. The Morgan fingerprint density at radius 3 is 1.91 bits per heavy atom. The third-order valence-electron chi connectivity index (χ3n) is 4.24. The lowest BCUT2D eigenvalue weighted by atomic mass is 9.89. The third-order valence-corrected chi connectivity index (χ3v) is 4.24. The Labute approximate surface area is 138 Å². The van der Waals surface area contributed by atoms with Gasteiger partial charge >= 0.3 is 0 Å². The lowest BCUT2D eigenvalue weighted by molar-refractivity contribution is -0.120. The topological polar surface area (TPSA) is 83.8 Å². The van der Waals surface area contributed by atoms with Gasteiger partial charge in [0.2, 0.25) is 23.1 Å². The fraction of sp³-hybridized carbons (Fsp3) is 0.667. The van der Waals surface area contributed by atoms with Gasteiger partial charge in [0.15, 0.2) is 0 Å². The summed E-state index contributed by atoms with van der Waals surface area (Å²) in [6.45, 7) is 1.86. The SMILES string of the molecule is COC1=C(O)C(=O)C(C)=C(CCCCCCCCCCO)C1=O. The minimum atomic E-state index is -0.582. The molecule has 0 aromatic heterocycles. The Morgan fingerprint density at radius 2 is 1.39 bits per heavy atom. The van der Waals surface area contributed by atoms with Gasteiger partial charge in [0.25, 0.3) is 0 Å². The monoisotopic (exact) mass is 324 g/mol. The molecule has 0 saturated carbocycles. The van der Waals surface area contributed by atoms with Crippen LogP contribution in [0.3, 0.4) is 0 Å². The highest BCUT2D eigenvalue weighted by atomic mass is 16.5. The molecule has 5 heteroatoms. The summed E-state index contributed by atoms with van der Waals surface area (Å²) in [7, 11) is 1.28. The average molecular weight is 324 g/mol. The molecule has 0 radical (unpaired) electrons. The number of carbonyl (C=O) groups is 2. The van der Waals surface area contributed by atoms with Gasteiger partial charge in [-0.15, -0.1) is 0 Å². The van der Waals surface area contributed by atoms with Crippen LogP contribution in [0.4, 0.5) is 0 Å². The minimum absolute atomic E-state index is 0.237. The number of rotatable bonds is 11. The van der Waals surface area contributed by atoms with Crippen LogP contribution in [0.15, 0.2) is 22.7 Å². The summed E-state index contributed by atoms with van der Waals surface area (Å²) in [5.41, 5.74) is 0.796. The molecule has 0 saturated heterocycles. The summed E-state index contributed by atoms with van der Waals surface area (Å²) < 4.78 is 4.86. The molecule has 0 aromatic rings. The number of carbonyl (C=O) groups excluding carboxylic acids is 2. The molecule has 0 heterocycles. The first kappa shape index (κ1) is 19.4. The van der Waals surface area contributed by atoms with Crippen molar-refractivity contribution in [2.24, 2.45) is 0 Å². The lowest BCUT2D eigenvalue weighted by Crippen LogP contribution is -2.24. The molecule has 0 fully saturated rings. The molecule has 23 heavy (non-hydrogen) atoms. The fourth-order valence-corrected chi connectivity index (χ4v) is 2.80. The normalized spacial score (nSPS) is 15.6. The molecule has 130 valence electrons. The summed E-state index contributed by atoms with van der Waals surface area (Å²) in [6, 6.07) is 0. The van der Waals surface area contributed by atoms with Gasteiger partial charge in [0.05, 0.1) is 7.11 Å². The summed E-state index contributed by atoms with van der Waals surface area (Å²) in [6.07, 6.45) is 8.94. The Morgan fingerprint density at radius 1 is 0.870 bits per heavy atom. The Bertz CT molecular complexity index is 488. The molecule has 0 bridgehead atoms. The predicted molar refractivity (Wildman–Crippen MR) is 88.0 cm³/mol. The van der Waals surface area contributed by atoms with Crippen LogP contribution >= 0.6 is 0 Å². The Kier molecular flexibility index (Phi) is 8.62. The van der Waals surface area contributed by atoms with E-state index in [-0.39, 0.29) is 18.1 Å². The minimum Gasteiger partial charge on any atom is -0.501 e. The van der Waals surface area contributed by atoms with Crippen LogP contribution in [-0.4, -0.2) is 35.5 Å². The van der Waals surface area contributed by atoms with Crippen molar-refractivity contribution in [1.29, 1.82) is 0 Å². The summed E-state index contributed by atoms with van der Waals surface area (Å²) >= 11 is 0. The number of Topliss-reactive ketones (excluding diaryl/α,β-unsaturated/α-hetero) is 2. The van der Waals surface area contributed by atoms with E-state index in [9.17, 15) is 14.7 Å². The van der Waals surface area contributed by atoms with Crippen molar-refractivity contribution in [3.8, 4) is 0 Å². The maximum atomic E-state index is 12.2. The van der Waals surface area contributed by atoms with Crippen LogP contribution in [0.2, 0.25) is 0 Å². The number of ketones is 2. The molecule has 1 aliphatic rings. The predicted octanol–water partition coefficient (Wildman–Crippen LogP) is 3.37. The highest BCUT2D eigenvalue weighted by molar-refractivity contribution is 6.23. The lowest BCUT2D eigenvalue weighted by Gasteiger charge is -2.18. The van der Waals surface area contributed by atoms with Crippen LogP contribution in [0.1, 0.15) is 64.7 Å². The number of hydrogen-bond donors (Lipinski definition) is 2. The van der Waals surface area contributed by atoms with E-state index >= 15 is 0 Å². The second kappa shape index (κ2) is 10.2. The second-order valence-electron chi connectivity index (χ2n) is 5.95. The third kappa shape index (κ3) is 5.50. The van der Waals surface area contributed by atoms with Gasteiger partial charge in [-0.05, 0) is 26.2 Å². The zero-order chi connectivity index (χ0) is 17.2. The smallest absolute Gasteiger partial charge is 0.227 e. The Balaban J connectivity index is 2.34. The number of unbranched alkanes of at least 4 members (excludes halogenated alkanes) is 7. The highest BCUT2D eigenvalue weighted by Crippen LogP contribution is 2.27. The van der Waals surface area contributed by atoms with E-state index in [2.05, 4.69) is 0 Å². The van der Waals surface area contributed by atoms with Crippen LogP contribution < -0.4 is 0 Å². The zero-order valence-corrected chi connectivity index (χ0v) is 14.2. The number of ether oxygens (including phenoxy) is 1. The quantitative estimate of drug-likeness (QED) is 0.450. The van der Waals surface area contributed by atoms with E-state index in [0.29, 0.717) is 17.6 Å². The first-order valence-electron chi connectivity index (χ1n) is 8.41. The van der Waals surface area contributed by atoms with Crippen molar-refractivity contribution in [2.75, 3.05) is 13.7 Å². The molecule has 0 atom stereocenters. The molecule has 2 N–H and O–H groups in total. The van der Waals surface area contributed by atoms with E-state index in [1.165, 1.54) is 13.5 Å². The second-order valence-corrected chi connectivity index (χ2v) is 5.95. The van der Waals surface area contributed by atoms with E-state index in [0.717, 1.165) is 44.9 Å². The molecule has 5 nitrogen and oxygen atoms in total. The van der Waals surface area contributed by atoms with E-state index < -0.39 is 11.5 Å². The molecule has 0 unspecified atom stereocenters. The van der Waals surface area contributed by atoms with Crippen LogP contribution in [0.5, 0.6) is 0 Å². The van der Waals surface area contributed by atoms with Crippen molar-refractivity contribution in [3.05, 3.63) is 22.7 Å². The largest absolute Gasteiger partial charge is 0.501 e. The van der Waals surface area contributed by atoms with E-state index in [1.54, 1.807) is 6.92 Å². The number of aliphatic hydroxyl groups excluding tert-OH is 2. The summed E-state index contributed by atoms with van der Waals surface area (Å²) in [5.74, 6) is -1.70. The van der Waals surface area contributed by atoms with Crippen LogP contribution in [0, 0.1) is 0 Å². The molecule has 1 rings (SSSR count).